The van der Waals surface area contributed by atoms with Gasteiger partial charge in [0.05, 0.1) is 0 Å². The highest BCUT2D eigenvalue weighted by Crippen LogP contribution is 2.36. The molecule has 0 saturated carbocycles. The third kappa shape index (κ3) is 5.73. The highest BCUT2D eigenvalue weighted by Gasteiger charge is 2.06. The van der Waals surface area contributed by atoms with E-state index in [0.717, 1.165) is 11.3 Å². The van der Waals surface area contributed by atoms with Crippen LogP contribution < -0.4 is 0 Å². The number of rotatable bonds is 8. The molecule has 0 aliphatic heterocycles. The lowest BCUT2D eigenvalue weighted by molar-refractivity contribution is 0.684. The van der Waals surface area contributed by atoms with Gasteiger partial charge in [0, 0.05) is 33.0 Å². The van der Waals surface area contributed by atoms with Crippen LogP contribution in [0.5, 0.6) is 0 Å². The Morgan fingerprint density at radius 2 is 1.76 bits per heavy atom. The molecule has 0 aliphatic carbocycles. The van der Waals surface area contributed by atoms with Gasteiger partial charge in [-0.2, -0.15) is 0 Å². The zero-order chi connectivity index (χ0) is 14.9. The van der Waals surface area contributed by atoms with E-state index in [1.54, 1.807) is 16.9 Å². The molecule has 1 nitrogen and oxygen atoms in total. The molecule has 0 aromatic heterocycles. The normalized spacial score (nSPS) is 12.0. The van der Waals surface area contributed by atoms with Gasteiger partial charge >= 0.3 is 0 Å². The molecule has 0 heterocycles. The van der Waals surface area contributed by atoms with E-state index in [1.165, 1.54) is 10.5 Å². The second-order valence-corrected chi connectivity index (χ2v) is 8.32. The lowest BCUT2D eigenvalue weighted by Gasteiger charge is -2.08. The van der Waals surface area contributed by atoms with E-state index in [4.69, 9.17) is 0 Å². The molecular weight excluding hydrogens is 316 g/mol. The van der Waals surface area contributed by atoms with Crippen LogP contribution in [0.3, 0.4) is 0 Å². The van der Waals surface area contributed by atoms with E-state index >= 15 is 0 Å². The van der Waals surface area contributed by atoms with Crippen LogP contribution in [-0.2, 0) is 22.3 Å². The molecule has 2 aromatic rings. The number of hydrogen-bond acceptors (Lipinski definition) is 3. The van der Waals surface area contributed by atoms with E-state index in [2.05, 4.69) is 43.0 Å². The first-order valence-electron chi connectivity index (χ1n) is 6.67. The summed E-state index contributed by atoms with van der Waals surface area (Å²) in [6, 6.07) is 18.6. The molecule has 0 radical (unpaired) electrons. The molecule has 4 heteroatoms. The van der Waals surface area contributed by atoms with Crippen LogP contribution in [0.2, 0.25) is 0 Å². The van der Waals surface area contributed by atoms with Crippen molar-refractivity contribution in [2.45, 2.75) is 16.4 Å². The van der Waals surface area contributed by atoms with Crippen molar-refractivity contribution in [2.24, 2.45) is 0 Å². The molecular formula is C17H18OS3. The molecule has 1 unspecified atom stereocenters. The Kier molecular flexibility index (Phi) is 7.13. The fraction of sp³-hybridized carbons (Fsp3) is 0.176. The highest BCUT2D eigenvalue weighted by atomic mass is 33.1. The minimum absolute atomic E-state index is 0.552. The van der Waals surface area contributed by atoms with Crippen molar-refractivity contribution in [2.75, 3.05) is 5.75 Å². The van der Waals surface area contributed by atoms with Crippen LogP contribution in [-0.4, -0.2) is 9.96 Å². The topological polar surface area (TPSA) is 17.1 Å². The van der Waals surface area contributed by atoms with Gasteiger partial charge in [-0.05, 0) is 17.2 Å². The van der Waals surface area contributed by atoms with Crippen molar-refractivity contribution in [3.63, 3.8) is 0 Å². The minimum Gasteiger partial charge on any atom is -0.259 e. The Bertz CT molecular complexity index is 596. The summed E-state index contributed by atoms with van der Waals surface area (Å²) in [5, 5.41) is 0. The molecule has 1 atom stereocenters. The molecule has 21 heavy (non-hydrogen) atoms. The standard InChI is InChI=1S/C17H18OS3/c1-2-12-21(18)14-16-10-6-7-11-17(16)20-19-13-15-8-4-3-5-9-15/h2-11H,1,12-14H2. The molecule has 0 saturated heterocycles. The highest BCUT2D eigenvalue weighted by molar-refractivity contribution is 8.76. The van der Waals surface area contributed by atoms with Gasteiger partial charge in [0.2, 0.25) is 0 Å². The van der Waals surface area contributed by atoms with Gasteiger partial charge in [0.1, 0.15) is 0 Å². The first-order valence-corrected chi connectivity index (χ1v) is 10.5. The molecule has 2 rings (SSSR count). The van der Waals surface area contributed by atoms with Crippen molar-refractivity contribution < 1.29 is 4.21 Å². The second kappa shape index (κ2) is 9.13. The Hall–Kier alpha value is -0.970. The predicted octanol–water partition coefficient (Wildman–Crippen LogP) is 5.06. The summed E-state index contributed by atoms with van der Waals surface area (Å²) in [6.07, 6.45) is 1.72. The van der Waals surface area contributed by atoms with Crippen molar-refractivity contribution in [1.82, 2.24) is 0 Å². The molecule has 0 fully saturated rings. The van der Waals surface area contributed by atoms with E-state index < -0.39 is 10.8 Å². The predicted molar refractivity (Wildman–Crippen MR) is 96.9 cm³/mol. The average molecular weight is 335 g/mol. The van der Waals surface area contributed by atoms with Gasteiger partial charge in [-0.25, -0.2) is 0 Å². The molecule has 0 amide bonds. The van der Waals surface area contributed by atoms with Crippen molar-refractivity contribution in [3.8, 4) is 0 Å². The van der Waals surface area contributed by atoms with Gasteiger partial charge in [-0.3, -0.25) is 4.21 Å². The van der Waals surface area contributed by atoms with E-state index in [-0.39, 0.29) is 0 Å². The smallest absolute Gasteiger partial charge is 0.0500 e. The van der Waals surface area contributed by atoms with Crippen LogP contribution >= 0.6 is 21.6 Å². The maximum Gasteiger partial charge on any atom is 0.0500 e. The zero-order valence-electron chi connectivity index (χ0n) is 11.7. The lowest BCUT2D eigenvalue weighted by atomic mass is 10.2. The third-order valence-corrected chi connectivity index (χ3v) is 6.44. The van der Waals surface area contributed by atoms with E-state index in [9.17, 15) is 4.21 Å². The van der Waals surface area contributed by atoms with Gasteiger partial charge in [-0.15, -0.1) is 6.58 Å². The first kappa shape index (κ1) is 16.4. The second-order valence-electron chi connectivity index (χ2n) is 4.48. The fourth-order valence-electron chi connectivity index (χ4n) is 1.80. The Morgan fingerprint density at radius 3 is 2.52 bits per heavy atom. The van der Waals surface area contributed by atoms with E-state index in [0.29, 0.717) is 11.5 Å². The summed E-state index contributed by atoms with van der Waals surface area (Å²) >= 11 is 0. The van der Waals surface area contributed by atoms with Crippen LogP contribution in [0.25, 0.3) is 0 Å². The molecule has 0 spiro atoms. The van der Waals surface area contributed by atoms with Crippen LogP contribution in [0.1, 0.15) is 11.1 Å². The Labute approximate surface area is 137 Å². The van der Waals surface area contributed by atoms with Gasteiger partial charge in [-0.1, -0.05) is 76.2 Å². The number of benzene rings is 2. The molecule has 0 N–H and O–H groups in total. The SMILES string of the molecule is C=CCS(=O)Cc1ccccc1SSCc1ccccc1. The quantitative estimate of drug-likeness (QED) is 0.496. The minimum atomic E-state index is -0.863. The zero-order valence-corrected chi connectivity index (χ0v) is 14.2. The van der Waals surface area contributed by atoms with Crippen molar-refractivity contribution in [1.29, 1.82) is 0 Å². The summed E-state index contributed by atoms with van der Waals surface area (Å²) < 4.78 is 11.9. The maximum absolute atomic E-state index is 11.9. The molecule has 0 aliphatic rings. The monoisotopic (exact) mass is 334 g/mol. The molecule has 110 valence electrons. The Morgan fingerprint density at radius 1 is 1.05 bits per heavy atom. The summed E-state index contributed by atoms with van der Waals surface area (Å²) in [4.78, 5) is 1.20. The van der Waals surface area contributed by atoms with Crippen LogP contribution in [0.15, 0.2) is 72.1 Å². The first-order chi connectivity index (χ1) is 10.3. The average Bonchev–Trinajstić information content (AvgIpc) is 2.50. The van der Waals surface area contributed by atoms with Crippen molar-refractivity contribution >= 4 is 32.4 Å². The van der Waals surface area contributed by atoms with Crippen LogP contribution in [0.4, 0.5) is 0 Å². The molecule has 2 aromatic carbocycles. The number of hydrogen-bond donors (Lipinski definition) is 0. The summed E-state index contributed by atoms with van der Waals surface area (Å²) in [6.45, 7) is 3.65. The largest absolute Gasteiger partial charge is 0.259 e. The maximum atomic E-state index is 11.9. The summed E-state index contributed by atoms with van der Waals surface area (Å²) in [5.74, 6) is 2.12. The van der Waals surface area contributed by atoms with Gasteiger partial charge < -0.3 is 0 Å². The molecule has 0 bridgehead atoms. The van der Waals surface area contributed by atoms with E-state index in [1.807, 2.05) is 29.0 Å². The lowest BCUT2D eigenvalue weighted by Crippen LogP contribution is -1.99. The summed E-state index contributed by atoms with van der Waals surface area (Å²) in [5.41, 5.74) is 2.48. The van der Waals surface area contributed by atoms with Crippen LogP contribution in [0, 0.1) is 0 Å². The van der Waals surface area contributed by atoms with Crippen molar-refractivity contribution in [3.05, 3.63) is 78.4 Å². The van der Waals surface area contributed by atoms with Gasteiger partial charge in [0.15, 0.2) is 0 Å². The fourth-order valence-corrected chi connectivity index (χ4v) is 5.22. The Balaban J connectivity index is 1.93. The summed E-state index contributed by atoms with van der Waals surface area (Å²) in [7, 11) is 2.71. The van der Waals surface area contributed by atoms with Gasteiger partial charge in [0.25, 0.3) is 0 Å². The third-order valence-electron chi connectivity index (χ3n) is 2.81.